The Hall–Kier alpha value is -3.55. The number of benzene rings is 2. The van der Waals surface area contributed by atoms with Crippen LogP contribution in [0.2, 0.25) is 0 Å². The van der Waals surface area contributed by atoms with Crippen molar-refractivity contribution in [3.8, 4) is 11.5 Å². The lowest BCUT2D eigenvalue weighted by molar-refractivity contribution is -0.129. The molecular weight excluding hydrogens is 352 g/mol. The summed E-state index contributed by atoms with van der Waals surface area (Å²) in [5.74, 6) is -0.835. The van der Waals surface area contributed by atoms with Crippen molar-refractivity contribution in [2.45, 2.75) is 13.0 Å². The number of carbonyl (C=O) groups excluding carboxylic acids is 3. The number of hydrazine groups is 1. The lowest BCUT2D eigenvalue weighted by Gasteiger charge is -2.19. The van der Waals surface area contributed by atoms with Crippen LogP contribution < -0.4 is 20.3 Å². The van der Waals surface area contributed by atoms with Gasteiger partial charge in [-0.1, -0.05) is 18.2 Å². The Balaban J connectivity index is 1.53. The number of fused-ring (bicyclic) bond motifs is 1. The van der Waals surface area contributed by atoms with E-state index in [4.69, 9.17) is 14.2 Å². The van der Waals surface area contributed by atoms with E-state index < -0.39 is 23.9 Å². The fourth-order valence-corrected chi connectivity index (χ4v) is 2.33. The third-order valence-corrected chi connectivity index (χ3v) is 3.77. The summed E-state index contributed by atoms with van der Waals surface area (Å²) in [5, 5.41) is 0. The zero-order valence-electron chi connectivity index (χ0n) is 14.6. The molecule has 0 aromatic heterocycles. The van der Waals surface area contributed by atoms with Gasteiger partial charge in [0.15, 0.2) is 17.6 Å². The van der Waals surface area contributed by atoms with Crippen molar-refractivity contribution >= 4 is 17.8 Å². The highest BCUT2D eigenvalue weighted by molar-refractivity contribution is 5.96. The molecule has 2 N–H and O–H groups in total. The quantitative estimate of drug-likeness (QED) is 0.624. The van der Waals surface area contributed by atoms with Crippen LogP contribution >= 0.6 is 0 Å². The summed E-state index contributed by atoms with van der Waals surface area (Å²) in [6, 6.07) is 13.0. The van der Waals surface area contributed by atoms with Gasteiger partial charge in [-0.2, -0.15) is 0 Å². The first-order valence-corrected chi connectivity index (χ1v) is 8.30. The highest BCUT2D eigenvalue weighted by atomic mass is 16.6. The Morgan fingerprint density at radius 3 is 2.37 bits per heavy atom. The molecule has 3 rings (SSSR count). The smallest absolute Gasteiger partial charge is 0.339 e. The number of amides is 2. The molecule has 1 heterocycles. The van der Waals surface area contributed by atoms with Gasteiger partial charge in [-0.15, -0.1) is 0 Å². The Kier molecular flexibility index (Phi) is 5.55. The van der Waals surface area contributed by atoms with Gasteiger partial charge in [0, 0.05) is 5.56 Å². The van der Waals surface area contributed by atoms with Crippen molar-refractivity contribution in [3.63, 3.8) is 0 Å². The molecule has 0 aliphatic carbocycles. The van der Waals surface area contributed by atoms with Crippen LogP contribution in [0.1, 0.15) is 27.6 Å². The van der Waals surface area contributed by atoms with Crippen molar-refractivity contribution in [2.75, 3.05) is 13.2 Å². The van der Waals surface area contributed by atoms with E-state index in [1.165, 1.54) is 19.1 Å². The molecule has 1 atom stereocenters. The third kappa shape index (κ3) is 4.55. The zero-order valence-corrected chi connectivity index (χ0v) is 14.6. The van der Waals surface area contributed by atoms with Crippen molar-refractivity contribution in [1.82, 2.24) is 10.9 Å². The lowest BCUT2D eigenvalue weighted by atomic mass is 10.2. The van der Waals surface area contributed by atoms with Gasteiger partial charge < -0.3 is 14.2 Å². The molecule has 0 radical (unpaired) electrons. The Morgan fingerprint density at radius 2 is 1.63 bits per heavy atom. The van der Waals surface area contributed by atoms with Crippen molar-refractivity contribution < 1.29 is 28.6 Å². The molecule has 1 aliphatic heterocycles. The normalized spacial score (nSPS) is 13.2. The van der Waals surface area contributed by atoms with Crippen molar-refractivity contribution in [1.29, 1.82) is 0 Å². The first-order valence-electron chi connectivity index (χ1n) is 8.30. The Labute approximate surface area is 155 Å². The van der Waals surface area contributed by atoms with E-state index >= 15 is 0 Å². The van der Waals surface area contributed by atoms with E-state index in [0.717, 1.165) is 0 Å². The minimum absolute atomic E-state index is 0.229. The molecule has 140 valence electrons. The van der Waals surface area contributed by atoms with Crippen LogP contribution in [0.15, 0.2) is 48.5 Å². The second-order valence-corrected chi connectivity index (χ2v) is 5.72. The first kappa shape index (κ1) is 18.2. The molecular formula is C19H18N2O6. The van der Waals surface area contributed by atoms with E-state index in [9.17, 15) is 14.4 Å². The minimum Gasteiger partial charge on any atom is -0.486 e. The van der Waals surface area contributed by atoms with Crippen LogP contribution in [0, 0.1) is 0 Å². The lowest BCUT2D eigenvalue weighted by Crippen LogP contribution is -2.46. The van der Waals surface area contributed by atoms with Gasteiger partial charge in [0.25, 0.3) is 11.8 Å². The van der Waals surface area contributed by atoms with E-state index in [1.807, 2.05) is 0 Å². The molecule has 0 fully saturated rings. The maximum atomic E-state index is 12.2. The fourth-order valence-electron chi connectivity index (χ4n) is 2.33. The second-order valence-electron chi connectivity index (χ2n) is 5.72. The van der Waals surface area contributed by atoms with Gasteiger partial charge in [-0.25, -0.2) is 4.79 Å². The third-order valence-electron chi connectivity index (χ3n) is 3.77. The largest absolute Gasteiger partial charge is 0.486 e. The average molecular weight is 370 g/mol. The van der Waals surface area contributed by atoms with Gasteiger partial charge in [-0.3, -0.25) is 20.4 Å². The van der Waals surface area contributed by atoms with Crippen LogP contribution in [0.4, 0.5) is 0 Å². The van der Waals surface area contributed by atoms with Crippen LogP contribution in [0.25, 0.3) is 0 Å². The van der Waals surface area contributed by atoms with E-state index in [0.29, 0.717) is 30.3 Å². The molecule has 0 bridgehead atoms. The van der Waals surface area contributed by atoms with Gasteiger partial charge in [0.05, 0.1) is 5.56 Å². The number of esters is 1. The first-order chi connectivity index (χ1) is 13.0. The summed E-state index contributed by atoms with van der Waals surface area (Å²) in [4.78, 5) is 36.1. The zero-order chi connectivity index (χ0) is 19.2. The molecule has 0 spiro atoms. The van der Waals surface area contributed by atoms with E-state index in [2.05, 4.69) is 10.9 Å². The molecule has 27 heavy (non-hydrogen) atoms. The number of rotatable bonds is 4. The molecule has 8 nitrogen and oxygen atoms in total. The Bertz CT molecular complexity index is 853. The fraction of sp³-hybridized carbons (Fsp3) is 0.211. The van der Waals surface area contributed by atoms with Crippen LogP contribution in [0.5, 0.6) is 11.5 Å². The van der Waals surface area contributed by atoms with Gasteiger partial charge in [0.2, 0.25) is 0 Å². The van der Waals surface area contributed by atoms with E-state index in [-0.39, 0.29) is 5.56 Å². The molecule has 8 heteroatoms. The highest BCUT2D eigenvalue weighted by Gasteiger charge is 2.21. The second kappa shape index (κ2) is 8.22. The summed E-state index contributed by atoms with van der Waals surface area (Å²) < 4.78 is 15.9. The number of hydrogen-bond donors (Lipinski definition) is 2. The number of ether oxygens (including phenoxy) is 3. The maximum Gasteiger partial charge on any atom is 0.339 e. The SMILES string of the molecule is C[C@@H](OC(=O)c1ccc2c(c1)OCCO2)C(=O)NNC(=O)c1ccccc1. The molecule has 2 aromatic carbocycles. The predicted octanol–water partition coefficient (Wildman–Crippen LogP) is 1.46. The van der Waals surface area contributed by atoms with Crippen molar-refractivity contribution in [3.05, 3.63) is 59.7 Å². The van der Waals surface area contributed by atoms with Crippen LogP contribution in [-0.2, 0) is 9.53 Å². The average Bonchev–Trinajstić information content (AvgIpc) is 2.71. The van der Waals surface area contributed by atoms with Gasteiger partial charge >= 0.3 is 5.97 Å². The molecule has 2 amide bonds. The van der Waals surface area contributed by atoms with E-state index in [1.54, 1.807) is 36.4 Å². The summed E-state index contributed by atoms with van der Waals surface area (Å²) in [5.41, 5.74) is 5.11. The maximum absolute atomic E-state index is 12.2. The monoisotopic (exact) mass is 370 g/mol. The van der Waals surface area contributed by atoms with Crippen LogP contribution in [0.3, 0.4) is 0 Å². The number of carbonyl (C=O) groups is 3. The van der Waals surface area contributed by atoms with Gasteiger partial charge in [-0.05, 0) is 37.3 Å². The predicted molar refractivity (Wildman–Crippen MR) is 94.4 cm³/mol. The summed E-state index contributed by atoms with van der Waals surface area (Å²) >= 11 is 0. The van der Waals surface area contributed by atoms with Crippen molar-refractivity contribution in [2.24, 2.45) is 0 Å². The molecule has 2 aromatic rings. The number of nitrogens with one attached hydrogen (secondary N) is 2. The van der Waals surface area contributed by atoms with Crippen LogP contribution in [-0.4, -0.2) is 37.1 Å². The highest BCUT2D eigenvalue weighted by Crippen LogP contribution is 2.31. The summed E-state index contributed by atoms with van der Waals surface area (Å²) in [6.07, 6.45) is -1.11. The standard InChI is InChI=1S/C19H18N2O6/c1-12(17(22)20-21-18(23)13-5-3-2-4-6-13)27-19(24)14-7-8-15-16(11-14)26-10-9-25-15/h2-8,11-12H,9-10H2,1H3,(H,20,22)(H,21,23)/t12-/m1/s1. The summed E-state index contributed by atoms with van der Waals surface area (Å²) in [7, 11) is 0. The topological polar surface area (TPSA) is 103 Å². The molecule has 0 unspecified atom stereocenters. The summed E-state index contributed by atoms with van der Waals surface area (Å²) in [6.45, 7) is 2.24. The molecule has 0 saturated heterocycles. The molecule has 0 saturated carbocycles. The Morgan fingerprint density at radius 1 is 0.926 bits per heavy atom. The minimum atomic E-state index is -1.11. The number of hydrogen-bond acceptors (Lipinski definition) is 6. The van der Waals surface area contributed by atoms with Gasteiger partial charge in [0.1, 0.15) is 13.2 Å². The molecule has 1 aliphatic rings.